The molecule has 0 aromatic heterocycles. The van der Waals surface area contributed by atoms with Gasteiger partial charge in [0.2, 0.25) is 6.10 Å². The highest BCUT2D eigenvalue weighted by molar-refractivity contribution is 5.82. The lowest BCUT2D eigenvalue weighted by Gasteiger charge is -2.24. The average Bonchev–Trinajstić information content (AvgIpc) is 2.71. The van der Waals surface area contributed by atoms with Crippen LogP contribution in [0.3, 0.4) is 0 Å². The SMILES string of the molecule is C[C@@H](CCc1ccccc1)NC(=O)COC(=O)[C@@H]1COc2ccccc2O1. The fourth-order valence-corrected chi connectivity index (χ4v) is 2.78. The standard InChI is InChI=1S/C21H23NO5/c1-15(11-12-16-7-3-2-4-8-16)22-20(23)14-26-21(24)19-13-25-17-9-5-6-10-18(17)27-19/h2-10,15,19H,11-14H2,1H3,(H,22,23)/t15-,19-/m0/s1. The Balaban J connectivity index is 1.38. The number of aryl methyl sites for hydroxylation is 1. The van der Waals surface area contributed by atoms with Crippen LogP contribution in [0, 0.1) is 0 Å². The van der Waals surface area contributed by atoms with Crippen LogP contribution in [0.1, 0.15) is 18.9 Å². The summed E-state index contributed by atoms with van der Waals surface area (Å²) >= 11 is 0. The first-order valence-electron chi connectivity index (χ1n) is 9.00. The summed E-state index contributed by atoms with van der Waals surface area (Å²) < 4.78 is 16.1. The maximum atomic E-state index is 12.1. The van der Waals surface area contributed by atoms with E-state index in [0.29, 0.717) is 11.5 Å². The zero-order valence-corrected chi connectivity index (χ0v) is 15.2. The van der Waals surface area contributed by atoms with Crippen LogP contribution in [-0.4, -0.2) is 37.2 Å². The molecule has 0 saturated carbocycles. The van der Waals surface area contributed by atoms with Crippen molar-refractivity contribution < 1.29 is 23.8 Å². The topological polar surface area (TPSA) is 73.9 Å². The van der Waals surface area contributed by atoms with Crippen molar-refractivity contribution in [1.29, 1.82) is 0 Å². The summed E-state index contributed by atoms with van der Waals surface area (Å²) in [4.78, 5) is 24.1. The number of fused-ring (bicyclic) bond motifs is 1. The number of amides is 1. The van der Waals surface area contributed by atoms with Gasteiger partial charge in [-0.15, -0.1) is 0 Å². The van der Waals surface area contributed by atoms with Crippen LogP contribution in [0.15, 0.2) is 54.6 Å². The second-order valence-corrected chi connectivity index (χ2v) is 6.46. The molecular formula is C21H23NO5. The van der Waals surface area contributed by atoms with Crippen molar-refractivity contribution in [3.63, 3.8) is 0 Å². The van der Waals surface area contributed by atoms with Crippen molar-refractivity contribution in [1.82, 2.24) is 5.32 Å². The molecule has 1 amide bonds. The van der Waals surface area contributed by atoms with Crippen LogP contribution in [0.2, 0.25) is 0 Å². The zero-order valence-electron chi connectivity index (χ0n) is 15.2. The summed E-state index contributed by atoms with van der Waals surface area (Å²) in [5.41, 5.74) is 1.22. The first-order chi connectivity index (χ1) is 13.1. The first kappa shape index (κ1) is 18.8. The van der Waals surface area contributed by atoms with Gasteiger partial charge in [0.15, 0.2) is 18.1 Å². The summed E-state index contributed by atoms with van der Waals surface area (Å²) in [5, 5.41) is 2.84. The third kappa shape index (κ3) is 5.48. The monoisotopic (exact) mass is 369 g/mol. The molecule has 142 valence electrons. The van der Waals surface area contributed by atoms with Gasteiger partial charge in [-0.3, -0.25) is 4.79 Å². The lowest BCUT2D eigenvalue weighted by Crippen LogP contribution is -2.41. The van der Waals surface area contributed by atoms with Crippen molar-refractivity contribution in [3.8, 4) is 11.5 Å². The van der Waals surface area contributed by atoms with Crippen molar-refractivity contribution in [2.75, 3.05) is 13.2 Å². The van der Waals surface area contributed by atoms with Gasteiger partial charge < -0.3 is 19.5 Å². The van der Waals surface area contributed by atoms with Gasteiger partial charge >= 0.3 is 5.97 Å². The highest BCUT2D eigenvalue weighted by Crippen LogP contribution is 2.31. The van der Waals surface area contributed by atoms with Gasteiger partial charge in [-0.2, -0.15) is 0 Å². The van der Waals surface area contributed by atoms with Gasteiger partial charge in [0, 0.05) is 6.04 Å². The molecule has 6 heteroatoms. The Kier molecular flexibility index (Phi) is 6.30. The molecule has 0 radical (unpaired) electrons. The summed E-state index contributed by atoms with van der Waals surface area (Å²) in [6, 6.07) is 17.2. The molecule has 0 bridgehead atoms. The van der Waals surface area contributed by atoms with E-state index < -0.39 is 12.1 Å². The highest BCUT2D eigenvalue weighted by atomic mass is 16.6. The molecular weight excluding hydrogens is 346 g/mol. The molecule has 0 fully saturated rings. The number of ether oxygens (including phenoxy) is 3. The maximum Gasteiger partial charge on any atom is 0.351 e. The number of rotatable bonds is 7. The highest BCUT2D eigenvalue weighted by Gasteiger charge is 2.29. The van der Waals surface area contributed by atoms with Crippen molar-refractivity contribution >= 4 is 11.9 Å². The fourth-order valence-electron chi connectivity index (χ4n) is 2.78. The van der Waals surface area contributed by atoms with E-state index in [0.717, 1.165) is 12.8 Å². The minimum Gasteiger partial charge on any atom is -0.485 e. The largest absolute Gasteiger partial charge is 0.485 e. The fraction of sp³-hybridized carbons (Fsp3) is 0.333. The van der Waals surface area contributed by atoms with E-state index in [2.05, 4.69) is 17.4 Å². The molecule has 1 N–H and O–H groups in total. The van der Waals surface area contributed by atoms with Crippen LogP contribution in [0.4, 0.5) is 0 Å². The van der Waals surface area contributed by atoms with Crippen LogP contribution in [0.5, 0.6) is 11.5 Å². The summed E-state index contributed by atoms with van der Waals surface area (Å²) in [6.07, 6.45) is 0.803. The zero-order chi connectivity index (χ0) is 19.1. The predicted molar refractivity (Wildman–Crippen MR) is 99.7 cm³/mol. The molecule has 1 heterocycles. The Morgan fingerprint density at radius 1 is 1.11 bits per heavy atom. The molecule has 1 aliphatic heterocycles. The Morgan fingerprint density at radius 2 is 1.81 bits per heavy atom. The Morgan fingerprint density at radius 3 is 2.59 bits per heavy atom. The second kappa shape index (κ2) is 9.07. The number of para-hydroxylation sites is 2. The maximum absolute atomic E-state index is 12.1. The molecule has 2 atom stereocenters. The second-order valence-electron chi connectivity index (χ2n) is 6.46. The van der Waals surface area contributed by atoms with Crippen LogP contribution >= 0.6 is 0 Å². The van der Waals surface area contributed by atoms with Gasteiger partial charge in [0.05, 0.1) is 0 Å². The van der Waals surface area contributed by atoms with Crippen LogP contribution in [-0.2, 0) is 20.7 Å². The Hall–Kier alpha value is -3.02. The van der Waals surface area contributed by atoms with E-state index in [4.69, 9.17) is 14.2 Å². The van der Waals surface area contributed by atoms with Crippen molar-refractivity contribution in [3.05, 3.63) is 60.2 Å². The lowest BCUT2D eigenvalue weighted by molar-refractivity contribution is -0.157. The van der Waals surface area contributed by atoms with E-state index in [1.807, 2.05) is 31.2 Å². The molecule has 6 nitrogen and oxygen atoms in total. The lowest BCUT2D eigenvalue weighted by atomic mass is 10.1. The molecule has 1 aliphatic rings. The quantitative estimate of drug-likeness (QED) is 0.759. The van der Waals surface area contributed by atoms with E-state index in [1.165, 1.54) is 5.56 Å². The van der Waals surface area contributed by atoms with E-state index in [1.54, 1.807) is 18.2 Å². The summed E-state index contributed by atoms with van der Waals surface area (Å²) in [6.45, 7) is 1.65. The minimum absolute atomic E-state index is 0.0162. The number of benzene rings is 2. The summed E-state index contributed by atoms with van der Waals surface area (Å²) in [5.74, 6) is 0.133. The number of hydrogen-bond donors (Lipinski definition) is 1. The van der Waals surface area contributed by atoms with Crippen molar-refractivity contribution in [2.45, 2.75) is 31.9 Å². The molecule has 0 spiro atoms. The number of carbonyl (C=O) groups excluding carboxylic acids is 2. The van der Waals surface area contributed by atoms with Gasteiger partial charge in [0.1, 0.15) is 6.61 Å². The predicted octanol–water partition coefficient (Wildman–Crippen LogP) is 2.51. The Labute approximate surface area is 158 Å². The minimum atomic E-state index is -0.872. The molecule has 0 unspecified atom stereocenters. The van der Waals surface area contributed by atoms with Crippen LogP contribution in [0.25, 0.3) is 0 Å². The third-order valence-electron chi connectivity index (χ3n) is 4.23. The molecule has 3 rings (SSSR count). The normalized spacial score (nSPS) is 16.3. The first-order valence-corrected chi connectivity index (χ1v) is 9.00. The smallest absolute Gasteiger partial charge is 0.351 e. The average molecular weight is 369 g/mol. The van der Waals surface area contributed by atoms with E-state index >= 15 is 0 Å². The van der Waals surface area contributed by atoms with E-state index in [9.17, 15) is 9.59 Å². The molecule has 2 aromatic carbocycles. The van der Waals surface area contributed by atoms with Gasteiger partial charge in [-0.05, 0) is 37.5 Å². The van der Waals surface area contributed by atoms with Gasteiger partial charge in [-0.25, -0.2) is 4.79 Å². The van der Waals surface area contributed by atoms with Gasteiger partial charge in [-0.1, -0.05) is 42.5 Å². The Bertz CT molecular complexity index is 777. The van der Waals surface area contributed by atoms with E-state index in [-0.39, 0.29) is 25.2 Å². The number of hydrogen-bond acceptors (Lipinski definition) is 5. The third-order valence-corrected chi connectivity index (χ3v) is 4.23. The van der Waals surface area contributed by atoms with Crippen molar-refractivity contribution in [2.24, 2.45) is 0 Å². The number of nitrogens with one attached hydrogen (secondary N) is 1. The molecule has 2 aromatic rings. The van der Waals surface area contributed by atoms with Crippen LogP contribution < -0.4 is 14.8 Å². The number of esters is 1. The number of carbonyl (C=O) groups is 2. The van der Waals surface area contributed by atoms with Gasteiger partial charge in [0.25, 0.3) is 5.91 Å². The molecule has 0 saturated heterocycles. The molecule has 27 heavy (non-hydrogen) atoms. The summed E-state index contributed by atoms with van der Waals surface area (Å²) in [7, 11) is 0. The molecule has 0 aliphatic carbocycles.